The molecule has 0 spiro atoms. The number of hydrogen-bond donors (Lipinski definition) is 0. The molecule has 0 aliphatic heterocycles. The lowest BCUT2D eigenvalue weighted by molar-refractivity contribution is 0.215. The van der Waals surface area contributed by atoms with Crippen molar-refractivity contribution in [3.8, 4) is 5.75 Å². The van der Waals surface area contributed by atoms with Gasteiger partial charge in [-0.15, -0.1) is 0 Å². The van der Waals surface area contributed by atoms with Crippen molar-refractivity contribution < 1.29 is 14.0 Å². The fraction of sp³-hybridized carbons (Fsp3) is 0.200. The molecular weight excluding hydrogens is 258 g/mol. The minimum Gasteiger partial charge on any atom is -0.488 e. The van der Waals surface area contributed by atoms with Crippen molar-refractivity contribution in [1.82, 2.24) is 0 Å². The molecule has 0 amide bonds. The molecule has 0 fully saturated rings. The van der Waals surface area contributed by atoms with Crippen molar-refractivity contribution in [2.24, 2.45) is 5.16 Å². The van der Waals surface area contributed by atoms with E-state index in [0.29, 0.717) is 16.7 Å². The van der Waals surface area contributed by atoms with Crippen molar-refractivity contribution >= 4 is 17.2 Å². The number of ether oxygens (including phenoxy) is 1. The summed E-state index contributed by atoms with van der Waals surface area (Å²) in [5.74, 6) is 0.417. The van der Waals surface area contributed by atoms with E-state index in [1.54, 1.807) is 6.08 Å². The van der Waals surface area contributed by atoms with E-state index in [2.05, 4.69) is 16.6 Å². The van der Waals surface area contributed by atoms with E-state index in [9.17, 15) is 4.79 Å². The van der Waals surface area contributed by atoms with Crippen molar-refractivity contribution in [1.29, 1.82) is 0 Å². The number of benzene rings is 1. The second kappa shape index (κ2) is 6.06. The average molecular weight is 273 g/mol. The molecule has 0 radical (unpaired) electrons. The predicted molar refractivity (Wildman–Crippen MR) is 77.5 cm³/mol. The third kappa shape index (κ3) is 2.56. The average Bonchev–Trinajstić information content (AvgIpc) is 2.44. The van der Waals surface area contributed by atoms with Crippen LogP contribution in [0.1, 0.15) is 11.1 Å². The Kier molecular flexibility index (Phi) is 4.20. The van der Waals surface area contributed by atoms with Crippen LogP contribution in [0.15, 0.2) is 45.2 Å². The summed E-state index contributed by atoms with van der Waals surface area (Å²) in [7, 11) is 1.40. The Bertz CT molecular complexity index is 716. The van der Waals surface area contributed by atoms with E-state index in [1.165, 1.54) is 13.3 Å². The number of fused-ring (bicyclic) bond motifs is 1. The van der Waals surface area contributed by atoms with Gasteiger partial charge < -0.3 is 14.0 Å². The quantitative estimate of drug-likeness (QED) is 0.363. The molecule has 2 aromatic rings. The predicted octanol–water partition coefficient (Wildman–Crippen LogP) is 2.65. The van der Waals surface area contributed by atoms with Crippen LogP contribution in [-0.2, 0) is 4.84 Å². The summed E-state index contributed by atoms with van der Waals surface area (Å²) >= 11 is 0. The van der Waals surface area contributed by atoms with Gasteiger partial charge in [-0.05, 0) is 18.6 Å². The number of oxime groups is 1. The fourth-order valence-electron chi connectivity index (χ4n) is 1.87. The molecule has 5 nitrogen and oxygen atoms in total. The lowest BCUT2D eigenvalue weighted by Crippen LogP contribution is -2.11. The summed E-state index contributed by atoms with van der Waals surface area (Å²) in [6.45, 7) is 5.75. The molecule has 1 aromatic carbocycles. The maximum Gasteiger partial charge on any atom is 0.349 e. The molecule has 104 valence electrons. The van der Waals surface area contributed by atoms with E-state index >= 15 is 0 Å². The van der Waals surface area contributed by atoms with Crippen LogP contribution in [0.3, 0.4) is 0 Å². The largest absolute Gasteiger partial charge is 0.488 e. The monoisotopic (exact) mass is 273 g/mol. The Morgan fingerprint density at radius 3 is 2.95 bits per heavy atom. The highest BCUT2D eigenvalue weighted by Crippen LogP contribution is 2.28. The Hall–Kier alpha value is -2.56. The van der Waals surface area contributed by atoms with Crippen LogP contribution in [0.4, 0.5) is 0 Å². The Balaban J connectivity index is 2.76. The number of hydrogen-bond acceptors (Lipinski definition) is 5. The highest BCUT2D eigenvalue weighted by atomic mass is 16.6. The number of aryl methyl sites for hydroxylation is 1. The molecule has 0 aliphatic rings. The summed E-state index contributed by atoms with van der Waals surface area (Å²) in [4.78, 5) is 16.7. The first-order valence-electron chi connectivity index (χ1n) is 6.05. The number of para-hydroxylation sites is 1. The molecule has 1 heterocycles. The van der Waals surface area contributed by atoms with Crippen LogP contribution in [0.2, 0.25) is 0 Å². The zero-order chi connectivity index (χ0) is 14.5. The Morgan fingerprint density at radius 2 is 2.25 bits per heavy atom. The second-order valence-corrected chi connectivity index (χ2v) is 4.10. The van der Waals surface area contributed by atoms with Gasteiger partial charge in [0.2, 0.25) is 0 Å². The van der Waals surface area contributed by atoms with Crippen LogP contribution in [0.25, 0.3) is 11.0 Å². The van der Waals surface area contributed by atoms with Gasteiger partial charge in [-0.1, -0.05) is 29.9 Å². The molecule has 0 aliphatic carbocycles. The zero-order valence-corrected chi connectivity index (χ0v) is 11.4. The van der Waals surface area contributed by atoms with Gasteiger partial charge >= 0.3 is 5.63 Å². The van der Waals surface area contributed by atoms with Crippen LogP contribution < -0.4 is 10.4 Å². The number of nitrogens with zero attached hydrogens (tertiary/aromatic N) is 1. The van der Waals surface area contributed by atoms with Gasteiger partial charge in [0, 0.05) is 0 Å². The van der Waals surface area contributed by atoms with Crippen molar-refractivity contribution in [2.45, 2.75) is 6.92 Å². The van der Waals surface area contributed by atoms with Gasteiger partial charge in [0.05, 0.1) is 11.6 Å². The molecule has 1 aromatic heterocycles. The van der Waals surface area contributed by atoms with Gasteiger partial charge in [-0.3, -0.25) is 0 Å². The van der Waals surface area contributed by atoms with E-state index < -0.39 is 5.63 Å². The number of rotatable bonds is 5. The van der Waals surface area contributed by atoms with Gasteiger partial charge in [0.15, 0.2) is 0 Å². The smallest absolute Gasteiger partial charge is 0.349 e. The summed E-state index contributed by atoms with van der Waals surface area (Å²) in [6.07, 6.45) is 2.89. The molecule has 0 saturated heterocycles. The zero-order valence-electron chi connectivity index (χ0n) is 11.4. The summed E-state index contributed by atoms with van der Waals surface area (Å²) in [6, 6.07) is 5.56. The van der Waals surface area contributed by atoms with Crippen LogP contribution >= 0.6 is 0 Å². The Labute approximate surface area is 116 Å². The molecule has 20 heavy (non-hydrogen) atoms. The van der Waals surface area contributed by atoms with Gasteiger partial charge in [0.1, 0.15) is 30.6 Å². The van der Waals surface area contributed by atoms with Crippen molar-refractivity contribution in [3.05, 3.63) is 52.4 Å². The maximum atomic E-state index is 12.1. The fourth-order valence-corrected chi connectivity index (χ4v) is 1.87. The normalized spacial score (nSPS) is 10.9. The van der Waals surface area contributed by atoms with Crippen LogP contribution in [0.5, 0.6) is 5.75 Å². The Morgan fingerprint density at radius 1 is 1.45 bits per heavy atom. The standard InChI is InChI=1S/C15H15NO4/c1-4-8-19-14-11-7-5-6-10(2)13(11)20-15(17)12(14)9-16-18-3/h4-7,9H,1,8H2,2-3H3. The van der Waals surface area contributed by atoms with Gasteiger partial charge in [-0.25, -0.2) is 4.79 Å². The minimum atomic E-state index is -0.522. The van der Waals surface area contributed by atoms with E-state index in [4.69, 9.17) is 9.15 Å². The van der Waals surface area contributed by atoms with Crippen LogP contribution in [0, 0.1) is 6.92 Å². The maximum absolute atomic E-state index is 12.1. The van der Waals surface area contributed by atoms with E-state index in [-0.39, 0.29) is 12.2 Å². The molecule has 2 rings (SSSR count). The molecular formula is C15H15NO4. The lowest BCUT2D eigenvalue weighted by Gasteiger charge is -2.10. The summed E-state index contributed by atoms with van der Waals surface area (Å²) in [5.41, 5.74) is 1.06. The third-order valence-corrected chi connectivity index (χ3v) is 2.75. The third-order valence-electron chi connectivity index (χ3n) is 2.75. The van der Waals surface area contributed by atoms with Crippen LogP contribution in [-0.4, -0.2) is 19.9 Å². The molecule has 0 atom stereocenters. The second-order valence-electron chi connectivity index (χ2n) is 4.10. The summed E-state index contributed by atoms with van der Waals surface area (Å²) in [5, 5.41) is 4.32. The van der Waals surface area contributed by atoms with E-state index in [0.717, 1.165) is 5.56 Å². The highest BCUT2D eigenvalue weighted by Gasteiger charge is 2.15. The van der Waals surface area contributed by atoms with Gasteiger partial charge in [-0.2, -0.15) is 0 Å². The van der Waals surface area contributed by atoms with Gasteiger partial charge in [0.25, 0.3) is 0 Å². The lowest BCUT2D eigenvalue weighted by atomic mass is 10.1. The molecule has 0 unspecified atom stereocenters. The topological polar surface area (TPSA) is 61.0 Å². The SMILES string of the molecule is C=CCOc1c(C=NOC)c(=O)oc2c(C)cccc12. The molecule has 0 N–H and O–H groups in total. The highest BCUT2D eigenvalue weighted by molar-refractivity contribution is 5.94. The first kappa shape index (κ1) is 13.9. The van der Waals surface area contributed by atoms with Crippen molar-refractivity contribution in [3.63, 3.8) is 0 Å². The first-order chi connectivity index (χ1) is 9.69. The minimum absolute atomic E-state index is 0.215. The van der Waals surface area contributed by atoms with E-state index in [1.807, 2.05) is 25.1 Å². The molecule has 5 heteroatoms. The summed E-state index contributed by atoms with van der Waals surface area (Å²) < 4.78 is 10.9. The molecule has 0 saturated carbocycles. The molecule has 0 bridgehead atoms. The van der Waals surface area contributed by atoms with Crippen molar-refractivity contribution in [2.75, 3.05) is 13.7 Å². The first-order valence-corrected chi connectivity index (χ1v) is 6.05.